The van der Waals surface area contributed by atoms with Crippen LogP contribution >= 0.6 is 0 Å². The van der Waals surface area contributed by atoms with Crippen LogP contribution in [0.1, 0.15) is 42.6 Å². The molecule has 2 fully saturated rings. The smallest absolute Gasteiger partial charge is 0.152 e. The van der Waals surface area contributed by atoms with Gasteiger partial charge >= 0.3 is 0 Å². The first kappa shape index (κ1) is 13.4. The molecule has 2 saturated heterocycles. The van der Waals surface area contributed by atoms with Crippen molar-refractivity contribution >= 4 is 5.69 Å². The van der Waals surface area contributed by atoms with Crippen molar-refractivity contribution in [2.24, 2.45) is 0 Å². The van der Waals surface area contributed by atoms with Crippen molar-refractivity contribution in [1.29, 1.82) is 0 Å². The Kier molecular flexibility index (Phi) is 2.61. The average molecular weight is 307 g/mol. The molecule has 4 nitrogen and oxygen atoms in total. The molecule has 2 N–H and O–H groups in total. The molecule has 0 saturated carbocycles. The first-order valence-corrected chi connectivity index (χ1v) is 8.45. The summed E-state index contributed by atoms with van der Waals surface area (Å²) in [6, 6.07) is 8.74. The zero-order valence-corrected chi connectivity index (χ0v) is 13.3. The molecule has 1 unspecified atom stereocenters. The molecule has 0 amide bonds. The Bertz CT molecular complexity index is 808. The maximum Gasteiger partial charge on any atom is 0.152 e. The lowest BCUT2D eigenvalue weighted by Gasteiger charge is -2.48. The van der Waals surface area contributed by atoms with Crippen molar-refractivity contribution in [2.75, 3.05) is 18.8 Å². The summed E-state index contributed by atoms with van der Waals surface area (Å²) in [6.07, 6.45) is 6.41. The Hall–Kier alpha value is -2.07. The van der Waals surface area contributed by atoms with Crippen molar-refractivity contribution < 1.29 is 4.52 Å². The minimum atomic E-state index is -0.132. The number of nitrogen functional groups attached to an aromatic ring is 1. The monoisotopic (exact) mass is 307 g/mol. The van der Waals surface area contributed by atoms with E-state index in [-0.39, 0.29) is 5.41 Å². The first-order chi connectivity index (χ1) is 11.3. The Balaban J connectivity index is 1.80. The minimum Gasteiger partial charge on any atom is -0.398 e. The summed E-state index contributed by atoms with van der Waals surface area (Å²) in [4.78, 5) is 2.61. The summed E-state index contributed by atoms with van der Waals surface area (Å²) in [5.74, 6) is 1.51. The van der Waals surface area contributed by atoms with Gasteiger partial charge in [0.2, 0.25) is 0 Å². The number of piperidine rings is 1. The predicted molar refractivity (Wildman–Crippen MR) is 89.2 cm³/mol. The number of nitrogens with zero attached hydrogens (tertiary/aromatic N) is 2. The van der Waals surface area contributed by atoms with E-state index in [2.05, 4.69) is 35.2 Å². The van der Waals surface area contributed by atoms with E-state index in [1.807, 2.05) is 18.3 Å². The van der Waals surface area contributed by atoms with E-state index in [0.717, 1.165) is 37.4 Å². The van der Waals surface area contributed by atoms with Crippen LogP contribution in [0.4, 0.5) is 5.69 Å². The third-order valence-corrected chi connectivity index (χ3v) is 6.29. The molecular formula is C19H21N3O. The van der Waals surface area contributed by atoms with Gasteiger partial charge in [-0.25, -0.2) is 0 Å². The fourth-order valence-corrected chi connectivity index (χ4v) is 5.27. The number of rotatable bonds is 1. The summed E-state index contributed by atoms with van der Waals surface area (Å²) in [5, 5.41) is 4.19. The van der Waals surface area contributed by atoms with Crippen molar-refractivity contribution in [3.8, 4) is 0 Å². The molecule has 0 spiro atoms. The third-order valence-electron chi connectivity index (χ3n) is 6.29. The lowest BCUT2D eigenvalue weighted by Crippen LogP contribution is -2.51. The topological polar surface area (TPSA) is 55.3 Å². The lowest BCUT2D eigenvalue weighted by molar-refractivity contribution is 0.154. The van der Waals surface area contributed by atoms with Gasteiger partial charge < -0.3 is 10.3 Å². The Morgan fingerprint density at radius 3 is 3.09 bits per heavy atom. The number of anilines is 1. The van der Waals surface area contributed by atoms with Crippen LogP contribution in [0.25, 0.3) is 0 Å². The zero-order chi connectivity index (χ0) is 15.6. The SMILES string of the molecule is CC=C1CN2CC[C@]3(c4ccccc4N)c4oncc4[C@H]1CC23. The van der Waals surface area contributed by atoms with E-state index in [0.29, 0.717) is 12.0 Å². The van der Waals surface area contributed by atoms with Crippen LogP contribution in [0.5, 0.6) is 0 Å². The largest absolute Gasteiger partial charge is 0.398 e. The highest BCUT2D eigenvalue weighted by Gasteiger charge is 2.59. The summed E-state index contributed by atoms with van der Waals surface area (Å²) >= 11 is 0. The van der Waals surface area contributed by atoms with Crippen LogP contribution in [-0.4, -0.2) is 29.2 Å². The van der Waals surface area contributed by atoms with Crippen LogP contribution in [0.3, 0.4) is 0 Å². The van der Waals surface area contributed by atoms with Crippen molar-refractivity contribution in [3.63, 3.8) is 0 Å². The molecule has 3 heterocycles. The number of nitrogens with two attached hydrogens (primary N) is 1. The number of benzene rings is 1. The summed E-state index contributed by atoms with van der Waals surface area (Å²) in [6.45, 7) is 4.30. The number of fused-ring (bicyclic) bond motifs is 4. The van der Waals surface area contributed by atoms with E-state index in [1.54, 1.807) is 0 Å². The number of hydrogen-bond donors (Lipinski definition) is 1. The highest BCUT2D eigenvalue weighted by molar-refractivity contribution is 5.59. The molecule has 2 aliphatic heterocycles. The van der Waals surface area contributed by atoms with E-state index in [1.165, 1.54) is 16.7 Å². The van der Waals surface area contributed by atoms with Gasteiger partial charge in [0.25, 0.3) is 0 Å². The van der Waals surface area contributed by atoms with Crippen LogP contribution < -0.4 is 5.73 Å². The van der Waals surface area contributed by atoms with Crippen molar-refractivity contribution in [1.82, 2.24) is 10.1 Å². The molecule has 3 aliphatic rings. The van der Waals surface area contributed by atoms with Gasteiger partial charge in [0.15, 0.2) is 5.76 Å². The second kappa shape index (κ2) is 4.48. The van der Waals surface area contributed by atoms with Crippen LogP contribution in [0.2, 0.25) is 0 Å². The first-order valence-electron chi connectivity index (χ1n) is 8.45. The van der Waals surface area contributed by atoms with Crippen LogP contribution in [0.15, 0.2) is 46.6 Å². The zero-order valence-electron chi connectivity index (χ0n) is 13.3. The number of allylic oxidation sites excluding steroid dienone is 1. The molecule has 118 valence electrons. The number of para-hydroxylation sites is 1. The Morgan fingerprint density at radius 1 is 1.39 bits per heavy atom. The van der Waals surface area contributed by atoms with Crippen LogP contribution in [-0.2, 0) is 5.41 Å². The molecule has 2 aromatic rings. The maximum atomic E-state index is 6.39. The Morgan fingerprint density at radius 2 is 2.26 bits per heavy atom. The molecule has 2 bridgehead atoms. The van der Waals surface area contributed by atoms with Gasteiger partial charge in [0.1, 0.15) is 0 Å². The normalized spacial score (nSPS) is 33.9. The summed E-state index contributed by atoms with van der Waals surface area (Å²) in [5.41, 5.74) is 11.1. The number of aromatic nitrogens is 1. The number of hydrogen-bond acceptors (Lipinski definition) is 4. The second-order valence-electron chi connectivity index (χ2n) is 7.06. The molecule has 1 aromatic heterocycles. The second-order valence-corrected chi connectivity index (χ2v) is 7.06. The van der Waals surface area contributed by atoms with E-state index in [4.69, 9.17) is 10.3 Å². The van der Waals surface area contributed by atoms with Crippen molar-refractivity contribution in [2.45, 2.75) is 37.1 Å². The fourth-order valence-electron chi connectivity index (χ4n) is 5.27. The predicted octanol–water partition coefficient (Wildman–Crippen LogP) is 3.06. The molecule has 3 atom stereocenters. The molecule has 1 aromatic carbocycles. The van der Waals surface area contributed by atoms with Crippen LogP contribution in [0, 0.1) is 0 Å². The molecule has 0 radical (unpaired) electrons. The highest BCUT2D eigenvalue weighted by Crippen LogP contribution is 2.58. The highest BCUT2D eigenvalue weighted by atomic mass is 16.5. The van der Waals surface area contributed by atoms with Gasteiger partial charge in [-0.1, -0.05) is 35.0 Å². The van der Waals surface area contributed by atoms with Gasteiger partial charge in [0.05, 0.1) is 11.6 Å². The molecule has 5 rings (SSSR count). The van der Waals surface area contributed by atoms with E-state index < -0.39 is 0 Å². The van der Waals surface area contributed by atoms with Gasteiger partial charge in [-0.15, -0.1) is 0 Å². The van der Waals surface area contributed by atoms with E-state index >= 15 is 0 Å². The summed E-state index contributed by atoms with van der Waals surface area (Å²) in [7, 11) is 0. The fraction of sp³-hybridized carbons (Fsp3) is 0.421. The van der Waals surface area contributed by atoms with Gasteiger partial charge in [-0.2, -0.15) is 0 Å². The molecule has 23 heavy (non-hydrogen) atoms. The third kappa shape index (κ3) is 1.52. The van der Waals surface area contributed by atoms with Gasteiger partial charge in [0, 0.05) is 36.3 Å². The van der Waals surface area contributed by atoms with E-state index in [9.17, 15) is 0 Å². The quantitative estimate of drug-likeness (QED) is 0.650. The summed E-state index contributed by atoms with van der Waals surface area (Å²) < 4.78 is 5.87. The lowest BCUT2D eigenvalue weighted by atomic mass is 9.61. The molecule has 4 heteroatoms. The standard InChI is InChI=1S/C19H21N3O/c1-2-12-11-22-8-7-19(15-5-3-4-6-16(15)20)17(22)9-13(12)14-10-21-23-18(14)19/h2-6,10,13,17H,7-9,11,20H2,1H3/t13-,17?,19+/m0/s1. The maximum absolute atomic E-state index is 6.39. The average Bonchev–Trinajstić information content (AvgIpc) is 3.20. The van der Waals surface area contributed by atoms with Gasteiger partial charge in [-0.05, 0) is 31.4 Å². The minimum absolute atomic E-state index is 0.132. The molecular weight excluding hydrogens is 286 g/mol. The Labute approximate surface area is 135 Å². The van der Waals surface area contributed by atoms with Gasteiger partial charge in [-0.3, -0.25) is 4.90 Å². The molecule has 1 aliphatic carbocycles. The van der Waals surface area contributed by atoms with Crippen molar-refractivity contribution in [3.05, 3.63) is 59.0 Å².